The second-order valence-electron chi connectivity index (χ2n) is 4.53. The molecule has 1 aromatic rings. The number of rotatable bonds is 4. The zero-order valence-corrected chi connectivity index (χ0v) is 11.1. The van der Waals surface area contributed by atoms with Crippen LogP contribution in [0.2, 0.25) is 0 Å². The maximum Gasteiger partial charge on any atom is 0.122 e. The van der Waals surface area contributed by atoms with E-state index in [4.69, 9.17) is 14.2 Å². The number of hydrogen-bond acceptors (Lipinski definition) is 4. The molecule has 1 saturated heterocycles. The minimum atomic E-state index is 0.480. The summed E-state index contributed by atoms with van der Waals surface area (Å²) in [6, 6.07) is 5.92. The van der Waals surface area contributed by atoms with Gasteiger partial charge < -0.3 is 19.5 Å². The maximum atomic E-state index is 5.57. The highest BCUT2D eigenvalue weighted by Crippen LogP contribution is 2.26. The molecule has 0 amide bonds. The molecule has 0 bridgehead atoms. The Kier molecular flexibility index (Phi) is 4.84. The van der Waals surface area contributed by atoms with Crippen molar-refractivity contribution in [2.24, 2.45) is 5.92 Å². The van der Waals surface area contributed by atoms with E-state index in [1.54, 1.807) is 14.2 Å². The van der Waals surface area contributed by atoms with E-state index in [1.807, 2.05) is 18.2 Å². The summed E-state index contributed by atoms with van der Waals surface area (Å²) in [7, 11) is 3.38. The number of nitrogens with one attached hydrogen (secondary N) is 1. The molecule has 1 fully saturated rings. The second-order valence-corrected chi connectivity index (χ2v) is 4.53. The molecule has 4 heteroatoms. The molecule has 1 unspecified atom stereocenters. The fourth-order valence-corrected chi connectivity index (χ4v) is 2.24. The Labute approximate surface area is 108 Å². The van der Waals surface area contributed by atoms with Gasteiger partial charge in [-0.05, 0) is 36.1 Å². The second kappa shape index (κ2) is 6.61. The van der Waals surface area contributed by atoms with Gasteiger partial charge in [0.05, 0.1) is 27.4 Å². The fourth-order valence-electron chi connectivity index (χ4n) is 2.24. The Morgan fingerprint density at radius 1 is 1.33 bits per heavy atom. The summed E-state index contributed by atoms with van der Waals surface area (Å²) in [5.74, 6) is 2.27. The van der Waals surface area contributed by atoms with Crippen molar-refractivity contribution in [1.29, 1.82) is 0 Å². The van der Waals surface area contributed by atoms with Gasteiger partial charge in [0.25, 0.3) is 0 Å². The molecular formula is C14H21NO3. The van der Waals surface area contributed by atoms with E-state index in [0.717, 1.165) is 44.2 Å². The van der Waals surface area contributed by atoms with Gasteiger partial charge in [-0.15, -0.1) is 0 Å². The maximum absolute atomic E-state index is 5.57. The van der Waals surface area contributed by atoms with Crippen LogP contribution in [0.15, 0.2) is 18.2 Å². The summed E-state index contributed by atoms with van der Waals surface area (Å²) < 4.78 is 16.2. The van der Waals surface area contributed by atoms with Crippen molar-refractivity contribution in [3.63, 3.8) is 0 Å². The van der Waals surface area contributed by atoms with Crippen LogP contribution in [0, 0.1) is 5.92 Å². The molecule has 1 aliphatic heterocycles. The van der Waals surface area contributed by atoms with E-state index >= 15 is 0 Å². The average molecular weight is 251 g/mol. The average Bonchev–Trinajstić information content (AvgIpc) is 2.67. The first-order valence-electron chi connectivity index (χ1n) is 6.33. The molecule has 0 aromatic heterocycles. The Bertz CT molecular complexity index is 373. The highest BCUT2D eigenvalue weighted by atomic mass is 16.5. The van der Waals surface area contributed by atoms with Crippen LogP contribution in [0.4, 0.5) is 0 Å². The third kappa shape index (κ3) is 3.37. The van der Waals surface area contributed by atoms with Crippen LogP contribution in [-0.4, -0.2) is 40.5 Å². The quantitative estimate of drug-likeness (QED) is 0.880. The largest absolute Gasteiger partial charge is 0.497 e. The summed E-state index contributed by atoms with van der Waals surface area (Å²) in [5.41, 5.74) is 1.18. The molecule has 0 aliphatic carbocycles. The van der Waals surface area contributed by atoms with Gasteiger partial charge in [0.2, 0.25) is 0 Å². The normalized spacial score (nSPS) is 20.2. The molecule has 1 atom stereocenters. The summed E-state index contributed by atoms with van der Waals surface area (Å²) >= 11 is 0. The molecule has 1 N–H and O–H groups in total. The van der Waals surface area contributed by atoms with Crippen molar-refractivity contribution in [3.05, 3.63) is 23.8 Å². The van der Waals surface area contributed by atoms with Crippen molar-refractivity contribution in [2.45, 2.75) is 6.42 Å². The predicted molar refractivity (Wildman–Crippen MR) is 70.4 cm³/mol. The van der Waals surface area contributed by atoms with Crippen LogP contribution in [0.3, 0.4) is 0 Å². The third-order valence-electron chi connectivity index (χ3n) is 3.21. The van der Waals surface area contributed by atoms with Crippen LogP contribution < -0.4 is 14.8 Å². The third-order valence-corrected chi connectivity index (χ3v) is 3.21. The van der Waals surface area contributed by atoms with Crippen LogP contribution in [0.25, 0.3) is 0 Å². The Hall–Kier alpha value is -1.26. The smallest absolute Gasteiger partial charge is 0.122 e. The van der Waals surface area contributed by atoms with Gasteiger partial charge in [-0.2, -0.15) is 0 Å². The Morgan fingerprint density at radius 3 is 3.00 bits per heavy atom. The van der Waals surface area contributed by atoms with Gasteiger partial charge in [-0.25, -0.2) is 0 Å². The summed E-state index contributed by atoms with van der Waals surface area (Å²) in [6.07, 6.45) is 0.938. The first-order valence-corrected chi connectivity index (χ1v) is 6.33. The van der Waals surface area contributed by atoms with E-state index in [1.165, 1.54) is 5.56 Å². The molecule has 100 valence electrons. The van der Waals surface area contributed by atoms with Gasteiger partial charge in [-0.3, -0.25) is 0 Å². The predicted octanol–water partition coefficient (Wildman–Crippen LogP) is 1.48. The lowest BCUT2D eigenvalue weighted by Gasteiger charge is -2.16. The van der Waals surface area contributed by atoms with Gasteiger partial charge in [0.15, 0.2) is 0 Å². The molecule has 0 radical (unpaired) electrons. The van der Waals surface area contributed by atoms with Crippen LogP contribution >= 0.6 is 0 Å². The summed E-state index contributed by atoms with van der Waals surface area (Å²) in [4.78, 5) is 0. The van der Waals surface area contributed by atoms with Crippen molar-refractivity contribution < 1.29 is 14.2 Å². The lowest BCUT2D eigenvalue weighted by molar-refractivity contribution is 0.123. The fraction of sp³-hybridized carbons (Fsp3) is 0.571. The molecule has 2 rings (SSSR count). The molecule has 1 heterocycles. The lowest BCUT2D eigenvalue weighted by Crippen LogP contribution is -2.24. The monoisotopic (exact) mass is 251 g/mol. The molecule has 1 aromatic carbocycles. The van der Waals surface area contributed by atoms with Gasteiger partial charge in [0, 0.05) is 13.1 Å². The van der Waals surface area contributed by atoms with Gasteiger partial charge >= 0.3 is 0 Å². The molecule has 0 spiro atoms. The minimum Gasteiger partial charge on any atom is -0.497 e. The molecule has 1 aliphatic rings. The lowest BCUT2D eigenvalue weighted by atomic mass is 9.99. The minimum absolute atomic E-state index is 0.480. The Morgan fingerprint density at radius 2 is 2.22 bits per heavy atom. The SMILES string of the molecule is COc1ccc(OC)c(CC2CNCCOC2)c1. The number of methoxy groups -OCH3 is 2. The molecular weight excluding hydrogens is 230 g/mol. The molecule has 0 saturated carbocycles. The molecule has 18 heavy (non-hydrogen) atoms. The van der Waals surface area contributed by atoms with Crippen molar-refractivity contribution in [1.82, 2.24) is 5.32 Å². The first-order chi connectivity index (χ1) is 8.83. The van der Waals surface area contributed by atoms with Crippen molar-refractivity contribution in [3.8, 4) is 11.5 Å². The zero-order chi connectivity index (χ0) is 12.8. The van der Waals surface area contributed by atoms with Gasteiger partial charge in [-0.1, -0.05) is 0 Å². The van der Waals surface area contributed by atoms with E-state index in [9.17, 15) is 0 Å². The van der Waals surface area contributed by atoms with Crippen LogP contribution in [0.1, 0.15) is 5.56 Å². The zero-order valence-electron chi connectivity index (χ0n) is 11.1. The van der Waals surface area contributed by atoms with Crippen molar-refractivity contribution in [2.75, 3.05) is 40.5 Å². The van der Waals surface area contributed by atoms with E-state index in [0.29, 0.717) is 5.92 Å². The highest BCUT2D eigenvalue weighted by molar-refractivity contribution is 5.40. The van der Waals surface area contributed by atoms with E-state index in [-0.39, 0.29) is 0 Å². The van der Waals surface area contributed by atoms with Crippen molar-refractivity contribution >= 4 is 0 Å². The number of hydrogen-bond donors (Lipinski definition) is 1. The van der Waals surface area contributed by atoms with Crippen LogP contribution in [-0.2, 0) is 11.2 Å². The number of benzene rings is 1. The highest BCUT2D eigenvalue weighted by Gasteiger charge is 2.15. The summed E-state index contributed by atoms with van der Waals surface area (Å²) in [5, 5.41) is 3.39. The van der Waals surface area contributed by atoms with E-state index < -0.39 is 0 Å². The van der Waals surface area contributed by atoms with Gasteiger partial charge in [0.1, 0.15) is 11.5 Å². The standard InChI is InChI=1S/C14H21NO3/c1-16-13-3-4-14(17-2)12(8-13)7-11-9-15-5-6-18-10-11/h3-4,8,11,15H,5-7,9-10H2,1-2H3. The summed E-state index contributed by atoms with van der Waals surface area (Å²) in [6.45, 7) is 3.52. The number of ether oxygens (including phenoxy) is 3. The molecule has 4 nitrogen and oxygen atoms in total. The van der Waals surface area contributed by atoms with E-state index in [2.05, 4.69) is 5.32 Å². The topological polar surface area (TPSA) is 39.7 Å². The Balaban J connectivity index is 2.10. The van der Waals surface area contributed by atoms with Crippen LogP contribution in [0.5, 0.6) is 11.5 Å². The first kappa shape index (κ1) is 13.2.